The van der Waals surface area contributed by atoms with E-state index in [1.54, 1.807) is 0 Å². The van der Waals surface area contributed by atoms with Gasteiger partial charge in [0, 0.05) is 38.7 Å². The number of hydrogen-bond acceptors (Lipinski definition) is 5. The lowest BCUT2D eigenvalue weighted by Crippen LogP contribution is -2.01. The molecule has 0 N–H and O–H groups in total. The first-order chi connectivity index (χ1) is 23.9. The molecule has 0 fully saturated rings. The van der Waals surface area contributed by atoms with Crippen molar-refractivity contribution in [1.82, 2.24) is 24.9 Å². The second-order valence-electron chi connectivity index (χ2n) is 12.9. The fraction of sp³-hybridized carbons (Fsp3) is 0.114. The molecule has 0 aliphatic carbocycles. The molecule has 49 heavy (non-hydrogen) atoms. The van der Waals surface area contributed by atoms with Gasteiger partial charge >= 0.3 is 0 Å². The summed E-state index contributed by atoms with van der Waals surface area (Å²) in [5, 5.41) is 2.21. The van der Waals surface area contributed by atoms with Crippen LogP contribution in [0, 0.1) is 13.8 Å². The lowest BCUT2D eigenvalue weighted by Gasteiger charge is -2.13. The van der Waals surface area contributed by atoms with Crippen molar-refractivity contribution in [3.63, 3.8) is 0 Å². The standard InChI is InChI=1S/C44H35N5/c1-27(2)38-23-20-31-18-21-36-29(4)25-39(46-41(36)40(31)45-38)34-16-11-17-35(26-34)43-47-42(32-14-9-6-10-15-32)48-44(49-43)37-22-19-33(24-28(37)3)30-12-7-5-8-13-30/h5-27H,1-4H3. The van der Waals surface area contributed by atoms with Crippen molar-refractivity contribution in [1.29, 1.82) is 0 Å². The fourth-order valence-electron chi connectivity index (χ4n) is 6.41. The van der Waals surface area contributed by atoms with Crippen molar-refractivity contribution >= 4 is 21.8 Å². The lowest BCUT2D eigenvalue weighted by atomic mass is 9.99. The number of aromatic nitrogens is 5. The lowest BCUT2D eigenvalue weighted by molar-refractivity contribution is 0.830. The molecule has 8 aromatic rings. The van der Waals surface area contributed by atoms with E-state index in [1.165, 1.54) is 5.56 Å². The first-order valence-corrected chi connectivity index (χ1v) is 16.7. The van der Waals surface area contributed by atoms with Crippen LogP contribution in [0.2, 0.25) is 0 Å². The van der Waals surface area contributed by atoms with E-state index in [4.69, 9.17) is 24.9 Å². The van der Waals surface area contributed by atoms with Gasteiger partial charge in [0.25, 0.3) is 0 Å². The van der Waals surface area contributed by atoms with Gasteiger partial charge in [0.05, 0.1) is 16.7 Å². The Morgan fingerprint density at radius 3 is 1.82 bits per heavy atom. The van der Waals surface area contributed by atoms with Gasteiger partial charge in [-0.25, -0.2) is 19.9 Å². The molecule has 0 saturated heterocycles. The number of fused-ring (bicyclic) bond motifs is 3. The zero-order valence-corrected chi connectivity index (χ0v) is 28.0. The second kappa shape index (κ2) is 12.5. The highest BCUT2D eigenvalue weighted by atomic mass is 15.0. The first-order valence-electron chi connectivity index (χ1n) is 16.7. The van der Waals surface area contributed by atoms with Crippen molar-refractivity contribution in [2.45, 2.75) is 33.6 Å². The van der Waals surface area contributed by atoms with Crippen LogP contribution in [0.25, 0.3) is 78.4 Å². The van der Waals surface area contributed by atoms with Crippen LogP contribution in [0.15, 0.2) is 133 Å². The molecular weight excluding hydrogens is 599 g/mol. The summed E-state index contributed by atoms with van der Waals surface area (Å²) >= 11 is 0. The van der Waals surface area contributed by atoms with Crippen LogP contribution < -0.4 is 0 Å². The van der Waals surface area contributed by atoms with Crippen LogP contribution in [0.5, 0.6) is 0 Å². The number of hydrogen-bond donors (Lipinski definition) is 0. The van der Waals surface area contributed by atoms with Crippen LogP contribution in [0.1, 0.15) is 36.6 Å². The van der Waals surface area contributed by atoms with Crippen molar-refractivity contribution in [3.8, 4) is 56.5 Å². The highest BCUT2D eigenvalue weighted by Crippen LogP contribution is 2.33. The number of rotatable bonds is 6. The minimum Gasteiger partial charge on any atom is -0.250 e. The van der Waals surface area contributed by atoms with Gasteiger partial charge in [0.1, 0.15) is 0 Å². The van der Waals surface area contributed by atoms with Gasteiger partial charge in [-0.15, -0.1) is 0 Å². The Morgan fingerprint density at radius 1 is 0.429 bits per heavy atom. The molecule has 0 atom stereocenters. The summed E-state index contributed by atoms with van der Waals surface area (Å²) in [4.78, 5) is 25.4. The summed E-state index contributed by atoms with van der Waals surface area (Å²) in [7, 11) is 0. The molecule has 5 heteroatoms. The normalized spacial score (nSPS) is 11.4. The first kappa shape index (κ1) is 30.3. The largest absolute Gasteiger partial charge is 0.250 e. The third-order valence-electron chi connectivity index (χ3n) is 9.12. The van der Waals surface area contributed by atoms with Gasteiger partial charge in [-0.2, -0.15) is 0 Å². The summed E-state index contributed by atoms with van der Waals surface area (Å²) in [5.41, 5.74) is 12.2. The van der Waals surface area contributed by atoms with E-state index in [-0.39, 0.29) is 0 Å². The van der Waals surface area contributed by atoms with E-state index in [0.29, 0.717) is 23.4 Å². The smallest absolute Gasteiger partial charge is 0.164 e. The van der Waals surface area contributed by atoms with Gasteiger partial charge in [-0.1, -0.05) is 129 Å². The molecule has 0 amide bonds. The molecule has 236 valence electrons. The topological polar surface area (TPSA) is 64.5 Å². The Kier molecular flexibility index (Phi) is 7.73. The third kappa shape index (κ3) is 5.85. The minimum absolute atomic E-state index is 0.331. The van der Waals surface area contributed by atoms with Gasteiger partial charge < -0.3 is 0 Å². The average Bonchev–Trinajstić information content (AvgIpc) is 3.15. The molecular formula is C44H35N5. The van der Waals surface area contributed by atoms with Crippen molar-refractivity contribution < 1.29 is 0 Å². The number of benzene rings is 5. The maximum absolute atomic E-state index is 5.23. The van der Waals surface area contributed by atoms with Crippen molar-refractivity contribution in [3.05, 3.63) is 150 Å². The maximum atomic E-state index is 5.23. The Balaban J connectivity index is 1.26. The van der Waals surface area contributed by atoms with Gasteiger partial charge in [-0.3, -0.25) is 4.98 Å². The van der Waals surface area contributed by atoms with E-state index in [0.717, 1.165) is 72.1 Å². The van der Waals surface area contributed by atoms with E-state index in [2.05, 4.69) is 125 Å². The Bertz CT molecular complexity index is 2490. The molecule has 0 aliphatic rings. The van der Waals surface area contributed by atoms with Crippen LogP contribution in [-0.2, 0) is 0 Å². The highest BCUT2D eigenvalue weighted by Gasteiger charge is 2.16. The van der Waals surface area contributed by atoms with E-state index in [9.17, 15) is 0 Å². The van der Waals surface area contributed by atoms with Crippen LogP contribution in [0.3, 0.4) is 0 Å². The summed E-state index contributed by atoms with van der Waals surface area (Å²) in [5.74, 6) is 2.22. The summed E-state index contributed by atoms with van der Waals surface area (Å²) in [6, 6.07) is 46.0. The fourth-order valence-corrected chi connectivity index (χ4v) is 6.41. The molecule has 0 aliphatic heterocycles. The molecule has 0 bridgehead atoms. The Morgan fingerprint density at radius 2 is 1.08 bits per heavy atom. The van der Waals surface area contributed by atoms with Crippen LogP contribution in [-0.4, -0.2) is 24.9 Å². The Labute approximate surface area is 286 Å². The molecule has 0 spiro atoms. The zero-order chi connectivity index (χ0) is 33.5. The van der Waals surface area contributed by atoms with Crippen LogP contribution >= 0.6 is 0 Å². The number of nitrogens with zero attached hydrogens (tertiary/aromatic N) is 5. The van der Waals surface area contributed by atoms with Gasteiger partial charge in [0.15, 0.2) is 17.5 Å². The number of pyridine rings is 2. The predicted molar refractivity (Wildman–Crippen MR) is 201 cm³/mol. The molecule has 0 unspecified atom stereocenters. The number of aryl methyl sites for hydroxylation is 2. The third-order valence-corrected chi connectivity index (χ3v) is 9.12. The van der Waals surface area contributed by atoms with E-state index in [1.807, 2.05) is 36.4 Å². The average molecular weight is 634 g/mol. The van der Waals surface area contributed by atoms with Crippen molar-refractivity contribution in [2.24, 2.45) is 0 Å². The zero-order valence-electron chi connectivity index (χ0n) is 28.0. The van der Waals surface area contributed by atoms with Gasteiger partial charge in [-0.05, 0) is 60.2 Å². The summed E-state index contributed by atoms with van der Waals surface area (Å²) in [6.45, 7) is 8.60. The highest BCUT2D eigenvalue weighted by molar-refractivity contribution is 6.04. The minimum atomic E-state index is 0.331. The quantitative estimate of drug-likeness (QED) is 0.170. The maximum Gasteiger partial charge on any atom is 0.164 e. The monoisotopic (exact) mass is 633 g/mol. The molecule has 0 radical (unpaired) electrons. The summed E-state index contributed by atoms with van der Waals surface area (Å²) < 4.78 is 0. The molecule has 5 nitrogen and oxygen atoms in total. The molecule has 8 rings (SSSR count). The SMILES string of the molecule is Cc1cc(-c2ccccc2)ccc1-c1nc(-c2ccccc2)nc(-c2cccc(-c3cc(C)c4ccc5ccc(C(C)C)nc5c4n3)c2)n1. The molecule has 3 aromatic heterocycles. The van der Waals surface area contributed by atoms with Crippen LogP contribution in [0.4, 0.5) is 0 Å². The van der Waals surface area contributed by atoms with E-state index < -0.39 is 0 Å². The molecule has 5 aromatic carbocycles. The predicted octanol–water partition coefficient (Wildman–Crippen LogP) is 11.0. The van der Waals surface area contributed by atoms with Gasteiger partial charge in [0.2, 0.25) is 0 Å². The Hall–Kier alpha value is -6.07. The second-order valence-corrected chi connectivity index (χ2v) is 12.9. The molecule has 3 heterocycles. The molecule has 0 saturated carbocycles. The van der Waals surface area contributed by atoms with E-state index >= 15 is 0 Å². The summed E-state index contributed by atoms with van der Waals surface area (Å²) in [6.07, 6.45) is 0. The van der Waals surface area contributed by atoms with Crippen molar-refractivity contribution in [2.75, 3.05) is 0 Å².